The number of hydrogen-bond acceptors (Lipinski definition) is 4. The average molecular weight is 254 g/mol. The molecule has 0 unspecified atom stereocenters. The van der Waals surface area contributed by atoms with Crippen molar-refractivity contribution in [2.45, 2.75) is 26.2 Å². The summed E-state index contributed by atoms with van der Waals surface area (Å²) in [7, 11) is 0. The van der Waals surface area contributed by atoms with Gasteiger partial charge in [-0.1, -0.05) is 31.5 Å². The monoisotopic (exact) mass is 254 g/mol. The molecule has 0 amide bonds. The zero-order valence-electron chi connectivity index (χ0n) is 11.1. The maximum absolute atomic E-state index is 6.02. The summed E-state index contributed by atoms with van der Waals surface area (Å²) in [5.41, 5.74) is 9.71. The smallest absolute Gasteiger partial charge is 0.141 e. The van der Waals surface area contributed by atoms with E-state index in [2.05, 4.69) is 46.1 Å². The highest BCUT2D eigenvalue weighted by atomic mass is 15.2. The molecule has 98 valence electrons. The van der Waals surface area contributed by atoms with E-state index < -0.39 is 0 Å². The molecule has 1 aromatic heterocycles. The lowest BCUT2D eigenvalue weighted by molar-refractivity contribution is 0.880. The lowest BCUT2D eigenvalue weighted by Crippen LogP contribution is -2.18. The molecule has 0 aliphatic carbocycles. The van der Waals surface area contributed by atoms with Gasteiger partial charge in [-0.15, -0.1) is 0 Å². The second kappa shape index (κ2) is 4.88. The standard InChI is InChI=1S/C15H18N4/c1-2-5-12-14(16)17-10-18-15(12)19-9-8-11-6-3-4-7-13(11)19/h3-4,6-7,10H,2,5,8-9H2,1H3,(H2,16,17,18). The largest absolute Gasteiger partial charge is 0.383 e. The molecule has 1 aliphatic heterocycles. The zero-order chi connectivity index (χ0) is 13.2. The van der Waals surface area contributed by atoms with Crippen molar-refractivity contribution < 1.29 is 0 Å². The third kappa shape index (κ3) is 2.03. The van der Waals surface area contributed by atoms with Gasteiger partial charge in [0.25, 0.3) is 0 Å². The first-order valence-electron chi connectivity index (χ1n) is 6.76. The van der Waals surface area contributed by atoms with Gasteiger partial charge in [0.1, 0.15) is 18.0 Å². The molecular formula is C15H18N4. The number of nitrogens with two attached hydrogens (primary N) is 1. The van der Waals surface area contributed by atoms with Crippen LogP contribution in [0.25, 0.3) is 0 Å². The van der Waals surface area contributed by atoms with Gasteiger partial charge in [-0.25, -0.2) is 9.97 Å². The van der Waals surface area contributed by atoms with Crippen LogP contribution in [0.4, 0.5) is 17.3 Å². The van der Waals surface area contributed by atoms with E-state index in [1.54, 1.807) is 6.33 Å². The number of para-hydroxylation sites is 1. The fourth-order valence-electron chi connectivity index (χ4n) is 2.70. The molecule has 0 atom stereocenters. The second-order valence-electron chi connectivity index (χ2n) is 4.84. The Labute approximate surface area is 113 Å². The first-order chi connectivity index (χ1) is 9.31. The van der Waals surface area contributed by atoms with Crippen molar-refractivity contribution >= 4 is 17.3 Å². The average Bonchev–Trinajstić information content (AvgIpc) is 2.85. The molecule has 1 aromatic carbocycles. The van der Waals surface area contributed by atoms with Crippen molar-refractivity contribution in [3.05, 3.63) is 41.7 Å². The summed E-state index contributed by atoms with van der Waals surface area (Å²) in [4.78, 5) is 10.9. The van der Waals surface area contributed by atoms with Crippen LogP contribution in [0.3, 0.4) is 0 Å². The fraction of sp³-hybridized carbons (Fsp3) is 0.333. The molecule has 0 saturated heterocycles. The summed E-state index contributed by atoms with van der Waals surface area (Å²) < 4.78 is 0. The van der Waals surface area contributed by atoms with Crippen LogP contribution in [-0.4, -0.2) is 16.5 Å². The van der Waals surface area contributed by atoms with E-state index >= 15 is 0 Å². The molecule has 0 saturated carbocycles. The van der Waals surface area contributed by atoms with E-state index in [-0.39, 0.29) is 0 Å². The molecule has 0 spiro atoms. The van der Waals surface area contributed by atoms with E-state index in [0.717, 1.165) is 37.2 Å². The quantitative estimate of drug-likeness (QED) is 0.915. The van der Waals surface area contributed by atoms with Gasteiger partial charge in [-0.3, -0.25) is 0 Å². The minimum Gasteiger partial charge on any atom is -0.383 e. The van der Waals surface area contributed by atoms with Gasteiger partial charge < -0.3 is 10.6 Å². The van der Waals surface area contributed by atoms with E-state index in [1.807, 2.05) is 0 Å². The molecule has 0 radical (unpaired) electrons. The SMILES string of the molecule is CCCc1c(N)ncnc1N1CCc2ccccc21. The van der Waals surface area contributed by atoms with Crippen molar-refractivity contribution in [1.82, 2.24) is 9.97 Å². The Hall–Kier alpha value is -2.10. The number of hydrogen-bond donors (Lipinski definition) is 1. The normalized spacial score (nSPS) is 13.6. The van der Waals surface area contributed by atoms with Crippen LogP contribution in [0.1, 0.15) is 24.5 Å². The van der Waals surface area contributed by atoms with Crippen LogP contribution < -0.4 is 10.6 Å². The van der Waals surface area contributed by atoms with Gasteiger partial charge in [0, 0.05) is 17.8 Å². The predicted octanol–water partition coefficient (Wildman–Crippen LogP) is 2.71. The topological polar surface area (TPSA) is 55.0 Å². The Morgan fingerprint density at radius 2 is 2.11 bits per heavy atom. The Bertz CT molecular complexity index is 594. The number of nitrogen functional groups attached to an aromatic ring is 1. The lowest BCUT2D eigenvalue weighted by atomic mass is 10.1. The molecule has 2 heterocycles. The molecule has 2 N–H and O–H groups in total. The Balaban J connectivity index is 2.07. The summed E-state index contributed by atoms with van der Waals surface area (Å²) in [6.07, 6.45) is 4.58. The number of anilines is 3. The van der Waals surface area contributed by atoms with Crippen molar-refractivity contribution in [3.8, 4) is 0 Å². The van der Waals surface area contributed by atoms with Gasteiger partial charge in [0.15, 0.2) is 0 Å². The van der Waals surface area contributed by atoms with Crippen LogP contribution in [-0.2, 0) is 12.8 Å². The molecule has 2 aromatic rings. The third-order valence-electron chi connectivity index (χ3n) is 3.60. The van der Waals surface area contributed by atoms with Gasteiger partial charge >= 0.3 is 0 Å². The van der Waals surface area contributed by atoms with Gasteiger partial charge in [0.2, 0.25) is 0 Å². The van der Waals surface area contributed by atoms with E-state index in [9.17, 15) is 0 Å². The van der Waals surface area contributed by atoms with Crippen molar-refractivity contribution in [3.63, 3.8) is 0 Å². The number of aromatic nitrogens is 2. The number of fused-ring (bicyclic) bond motifs is 1. The maximum atomic E-state index is 6.02. The maximum Gasteiger partial charge on any atom is 0.141 e. The van der Waals surface area contributed by atoms with Crippen molar-refractivity contribution in [2.24, 2.45) is 0 Å². The third-order valence-corrected chi connectivity index (χ3v) is 3.60. The summed E-state index contributed by atoms with van der Waals surface area (Å²) in [6, 6.07) is 8.49. The summed E-state index contributed by atoms with van der Waals surface area (Å²) in [5.74, 6) is 1.58. The van der Waals surface area contributed by atoms with E-state index in [1.165, 1.54) is 11.3 Å². The van der Waals surface area contributed by atoms with Gasteiger partial charge in [-0.2, -0.15) is 0 Å². The van der Waals surface area contributed by atoms with Crippen LogP contribution >= 0.6 is 0 Å². The highest BCUT2D eigenvalue weighted by Crippen LogP contribution is 2.36. The Kier molecular flexibility index (Phi) is 3.07. The first kappa shape index (κ1) is 12.0. The summed E-state index contributed by atoms with van der Waals surface area (Å²) >= 11 is 0. The Morgan fingerprint density at radius 1 is 1.26 bits per heavy atom. The molecule has 4 heteroatoms. The molecule has 1 aliphatic rings. The van der Waals surface area contributed by atoms with Crippen LogP contribution in [0, 0.1) is 0 Å². The predicted molar refractivity (Wildman–Crippen MR) is 77.6 cm³/mol. The highest BCUT2D eigenvalue weighted by Gasteiger charge is 2.23. The van der Waals surface area contributed by atoms with Crippen molar-refractivity contribution in [2.75, 3.05) is 17.2 Å². The van der Waals surface area contributed by atoms with Gasteiger partial charge in [-0.05, 0) is 24.5 Å². The van der Waals surface area contributed by atoms with Crippen molar-refractivity contribution in [1.29, 1.82) is 0 Å². The fourth-order valence-corrected chi connectivity index (χ4v) is 2.70. The van der Waals surface area contributed by atoms with Gasteiger partial charge in [0.05, 0.1) is 0 Å². The molecule has 0 bridgehead atoms. The Morgan fingerprint density at radius 3 is 2.95 bits per heavy atom. The number of benzene rings is 1. The highest BCUT2D eigenvalue weighted by molar-refractivity contribution is 5.71. The molecule has 0 fully saturated rings. The van der Waals surface area contributed by atoms with E-state index in [4.69, 9.17) is 5.73 Å². The zero-order valence-corrected chi connectivity index (χ0v) is 11.1. The molecule has 3 rings (SSSR count). The molecule has 4 nitrogen and oxygen atoms in total. The van der Waals surface area contributed by atoms with Crippen LogP contribution in [0.15, 0.2) is 30.6 Å². The summed E-state index contributed by atoms with van der Waals surface area (Å²) in [6.45, 7) is 3.11. The second-order valence-corrected chi connectivity index (χ2v) is 4.84. The lowest BCUT2D eigenvalue weighted by Gasteiger charge is -2.21. The summed E-state index contributed by atoms with van der Waals surface area (Å²) in [5, 5.41) is 0. The van der Waals surface area contributed by atoms with E-state index in [0.29, 0.717) is 5.82 Å². The number of rotatable bonds is 3. The van der Waals surface area contributed by atoms with Crippen LogP contribution in [0.5, 0.6) is 0 Å². The molecule has 19 heavy (non-hydrogen) atoms. The van der Waals surface area contributed by atoms with Crippen LogP contribution in [0.2, 0.25) is 0 Å². The number of nitrogens with zero attached hydrogens (tertiary/aromatic N) is 3. The minimum atomic E-state index is 0.608. The minimum absolute atomic E-state index is 0.608. The first-order valence-corrected chi connectivity index (χ1v) is 6.76. The molecular weight excluding hydrogens is 236 g/mol.